The lowest BCUT2D eigenvalue weighted by Crippen LogP contribution is -2.48. The largest absolute Gasteiger partial charge is 0.389 e. The van der Waals surface area contributed by atoms with Gasteiger partial charge in [0.2, 0.25) is 10.0 Å². The van der Waals surface area contributed by atoms with Crippen LogP contribution in [0.25, 0.3) is 0 Å². The molecule has 106 valence electrons. The molecule has 19 heavy (non-hydrogen) atoms. The molecule has 0 aromatic heterocycles. The van der Waals surface area contributed by atoms with Crippen molar-refractivity contribution in [3.63, 3.8) is 0 Å². The Balaban J connectivity index is 2.34. The fourth-order valence-electron chi connectivity index (χ4n) is 2.17. The van der Waals surface area contributed by atoms with Crippen molar-refractivity contribution < 1.29 is 17.9 Å². The van der Waals surface area contributed by atoms with E-state index in [-0.39, 0.29) is 16.5 Å². The van der Waals surface area contributed by atoms with Crippen molar-refractivity contribution in [2.24, 2.45) is 0 Å². The molecule has 2 rings (SSSR count). The predicted octanol–water partition coefficient (Wildman–Crippen LogP) is 2.01. The lowest BCUT2D eigenvalue weighted by atomic mass is 9.97. The van der Waals surface area contributed by atoms with Gasteiger partial charge in [-0.1, -0.05) is 11.6 Å². The van der Waals surface area contributed by atoms with Crippen molar-refractivity contribution in [3.05, 3.63) is 29.0 Å². The number of halogens is 2. The van der Waals surface area contributed by atoms with Crippen LogP contribution in [0.5, 0.6) is 0 Å². The first-order valence-corrected chi connectivity index (χ1v) is 7.72. The SMILES string of the molecule is CC1(O)CCCN(S(=O)(=O)c2ccc(F)c(Cl)c2)C1. The van der Waals surface area contributed by atoms with Crippen LogP contribution in [0, 0.1) is 5.82 Å². The second-order valence-corrected chi connectivity index (χ2v) is 7.36. The quantitative estimate of drug-likeness (QED) is 0.909. The zero-order valence-corrected chi connectivity index (χ0v) is 12.0. The number of hydrogen-bond acceptors (Lipinski definition) is 3. The normalized spacial score (nSPS) is 25.5. The molecule has 1 atom stereocenters. The maximum absolute atomic E-state index is 13.1. The van der Waals surface area contributed by atoms with Crippen LogP contribution < -0.4 is 0 Å². The molecule has 1 aliphatic rings. The van der Waals surface area contributed by atoms with E-state index in [1.165, 1.54) is 10.4 Å². The van der Waals surface area contributed by atoms with Gasteiger partial charge in [-0.2, -0.15) is 4.31 Å². The molecule has 1 fully saturated rings. The van der Waals surface area contributed by atoms with Gasteiger partial charge in [-0.3, -0.25) is 0 Å². The monoisotopic (exact) mass is 307 g/mol. The van der Waals surface area contributed by atoms with Crippen LogP contribution in [0.4, 0.5) is 4.39 Å². The van der Waals surface area contributed by atoms with Crippen molar-refractivity contribution in [2.45, 2.75) is 30.3 Å². The molecular formula is C12H15ClFNO3S. The highest BCUT2D eigenvalue weighted by molar-refractivity contribution is 7.89. The Morgan fingerprint density at radius 1 is 1.47 bits per heavy atom. The van der Waals surface area contributed by atoms with Crippen molar-refractivity contribution >= 4 is 21.6 Å². The van der Waals surface area contributed by atoms with Gasteiger partial charge in [0.1, 0.15) is 5.82 Å². The number of β-amino-alcohol motifs (C(OH)–C–C–N with tert-alkyl or cyclic N) is 1. The summed E-state index contributed by atoms with van der Waals surface area (Å²) < 4.78 is 39.0. The van der Waals surface area contributed by atoms with E-state index in [0.29, 0.717) is 19.4 Å². The third kappa shape index (κ3) is 3.08. The second kappa shape index (κ2) is 5.01. The van der Waals surface area contributed by atoms with Crippen LogP contribution in [0.15, 0.2) is 23.1 Å². The van der Waals surface area contributed by atoms with E-state index in [4.69, 9.17) is 11.6 Å². The number of sulfonamides is 1. The van der Waals surface area contributed by atoms with E-state index in [2.05, 4.69) is 0 Å². The average Bonchev–Trinajstić information content (AvgIpc) is 2.31. The van der Waals surface area contributed by atoms with Gasteiger partial charge in [-0.25, -0.2) is 12.8 Å². The molecule has 1 unspecified atom stereocenters. The van der Waals surface area contributed by atoms with Crippen LogP contribution in [0.3, 0.4) is 0 Å². The minimum Gasteiger partial charge on any atom is -0.389 e. The third-order valence-electron chi connectivity index (χ3n) is 3.17. The third-order valence-corrected chi connectivity index (χ3v) is 5.30. The average molecular weight is 308 g/mol. The molecule has 1 aliphatic heterocycles. The zero-order chi connectivity index (χ0) is 14.3. The Hall–Kier alpha value is -0.690. The predicted molar refractivity (Wildman–Crippen MR) is 70.0 cm³/mol. The van der Waals surface area contributed by atoms with E-state index < -0.39 is 21.4 Å². The van der Waals surface area contributed by atoms with Gasteiger partial charge in [0.25, 0.3) is 0 Å². The number of nitrogens with zero attached hydrogens (tertiary/aromatic N) is 1. The summed E-state index contributed by atoms with van der Waals surface area (Å²) in [5.74, 6) is -0.661. The Kier molecular flexibility index (Phi) is 3.88. The Morgan fingerprint density at radius 3 is 2.74 bits per heavy atom. The molecule has 0 aliphatic carbocycles. The molecule has 0 saturated carbocycles. The lowest BCUT2D eigenvalue weighted by Gasteiger charge is -2.35. The molecule has 0 radical (unpaired) electrons. The molecule has 0 bridgehead atoms. The lowest BCUT2D eigenvalue weighted by molar-refractivity contribution is 0.00940. The molecule has 1 aromatic rings. The Morgan fingerprint density at radius 2 is 2.16 bits per heavy atom. The van der Waals surface area contributed by atoms with Crippen molar-refractivity contribution in [2.75, 3.05) is 13.1 Å². The van der Waals surface area contributed by atoms with Crippen LogP contribution >= 0.6 is 11.6 Å². The van der Waals surface area contributed by atoms with Gasteiger partial charge in [-0.05, 0) is 38.0 Å². The first-order valence-electron chi connectivity index (χ1n) is 5.90. The molecule has 1 aromatic carbocycles. The maximum atomic E-state index is 13.1. The summed E-state index contributed by atoms with van der Waals surface area (Å²) in [7, 11) is -3.75. The highest BCUT2D eigenvalue weighted by Crippen LogP contribution is 2.27. The van der Waals surface area contributed by atoms with E-state index in [9.17, 15) is 17.9 Å². The molecule has 0 amide bonds. The number of rotatable bonds is 2. The first kappa shape index (κ1) is 14.7. The van der Waals surface area contributed by atoms with Crippen molar-refractivity contribution in [1.29, 1.82) is 0 Å². The number of aliphatic hydroxyl groups is 1. The molecule has 7 heteroatoms. The highest BCUT2D eigenvalue weighted by atomic mass is 35.5. The molecule has 4 nitrogen and oxygen atoms in total. The fraction of sp³-hybridized carbons (Fsp3) is 0.500. The van der Waals surface area contributed by atoms with Crippen molar-refractivity contribution in [1.82, 2.24) is 4.31 Å². The van der Waals surface area contributed by atoms with E-state index in [1.54, 1.807) is 6.92 Å². The number of benzene rings is 1. The van der Waals surface area contributed by atoms with E-state index in [0.717, 1.165) is 12.1 Å². The Labute approximate surface area is 116 Å². The van der Waals surface area contributed by atoms with Crippen LogP contribution in [0.2, 0.25) is 5.02 Å². The van der Waals surface area contributed by atoms with E-state index in [1.807, 2.05) is 0 Å². The van der Waals surface area contributed by atoms with Gasteiger partial charge < -0.3 is 5.11 Å². The molecule has 0 spiro atoms. The standard InChI is InChI=1S/C12H15ClFNO3S/c1-12(16)5-2-6-15(8-12)19(17,18)9-3-4-11(14)10(13)7-9/h3-4,7,16H,2,5-6,8H2,1H3. The molecule has 1 saturated heterocycles. The second-order valence-electron chi connectivity index (χ2n) is 5.02. The molecule has 1 N–H and O–H groups in total. The minimum atomic E-state index is -3.75. The fourth-order valence-corrected chi connectivity index (χ4v) is 4.03. The van der Waals surface area contributed by atoms with Gasteiger partial charge in [0.05, 0.1) is 15.5 Å². The summed E-state index contributed by atoms with van der Waals surface area (Å²) >= 11 is 5.61. The topological polar surface area (TPSA) is 57.6 Å². The van der Waals surface area contributed by atoms with Gasteiger partial charge >= 0.3 is 0 Å². The zero-order valence-electron chi connectivity index (χ0n) is 10.4. The van der Waals surface area contributed by atoms with Gasteiger partial charge in [0.15, 0.2) is 0 Å². The minimum absolute atomic E-state index is 0.0321. The number of piperidine rings is 1. The molecular weight excluding hydrogens is 293 g/mol. The van der Waals surface area contributed by atoms with Crippen LogP contribution in [-0.4, -0.2) is 36.5 Å². The summed E-state index contributed by atoms with van der Waals surface area (Å²) in [5, 5.41) is 9.73. The Bertz CT molecular complexity index is 589. The highest BCUT2D eigenvalue weighted by Gasteiger charge is 2.35. The van der Waals surface area contributed by atoms with E-state index >= 15 is 0 Å². The van der Waals surface area contributed by atoms with Gasteiger partial charge in [0, 0.05) is 13.1 Å². The first-order chi connectivity index (χ1) is 8.72. The summed E-state index contributed by atoms with van der Waals surface area (Å²) in [5.41, 5.74) is -1.03. The smallest absolute Gasteiger partial charge is 0.243 e. The van der Waals surface area contributed by atoms with Crippen LogP contribution in [0.1, 0.15) is 19.8 Å². The summed E-state index contributed by atoms with van der Waals surface area (Å²) in [4.78, 5) is -0.0587. The summed E-state index contributed by atoms with van der Waals surface area (Å²) in [6.45, 7) is 1.98. The maximum Gasteiger partial charge on any atom is 0.243 e. The summed E-state index contributed by atoms with van der Waals surface area (Å²) in [6, 6.07) is 3.30. The molecule has 1 heterocycles. The summed E-state index contributed by atoms with van der Waals surface area (Å²) in [6.07, 6.45) is 1.14. The van der Waals surface area contributed by atoms with Crippen molar-refractivity contribution in [3.8, 4) is 0 Å². The number of hydrogen-bond donors (Lipinski definition) is 1. The van der Waals surface area contributed by atoms with Gasteiger partial charge in [-0.15, -0.1) is 0 Å². The van der Waals surface area contributed by atoms with Crippen LogP contribution in [-0.2, 0) is 10.0 Å².